The number of amides is 2. The molecule has 1 heterocycles. The van der Waals surface area contributed by atoms with Gasteiger partial charge in [-0.15, -0.1) is 0 Å². The van der Waals surface area contributed by atoms with E-state index in [4.69, 9.17) is 9.47 Å². The molecule has 0 bridgehead atoms. The largest absolute Gasteiger partial charge is 0.467 e. The van der Waals surface area contributed by atoms with Gasteiger partial charge in [0.25, 0.3) is 0 Å². The van der Waals surface area contributed by atoms with E-state index in [0.717, 1.165) is 12.8 Å². The van der Waals surface area contributed by atoms with E-state index in [1.54, 1.807) is 4.90 Å². The fourth-order valence-electron chi connectivity index (χ4n) is 4.85. The van der Waals surface area contributed by atoms with Gasteiger partial charge in [0, 0.05) is 19.6 Å². The Morgan fingerprint density at radius 1 is 1.14 bits per heavy atom. The van der Waals surface area contributed by atoms with Crippen LogP contribution in [0.15, 0.2) is 0 Å². The fraction of sp³-hybridized carbons (Fsp3) is 0.857. The molecule has 1 aliphatic heterocycles. The molecule has 158 valence electrons. The number of hydrogen-bond donors (Lipinski definition) is 1. The normalized spacial score (nSPS) is 30.2. The van der Waals surface area contributed by atoms with Gasteiger partial charge in [0.15, 0.2) is 0 Å². The molecule has 28 heavy (non-hydrogen) atoms. The van der Waals surface area contributed by atoms with Crippen molar-refractivity contribution >= 4 is 17.8 Å². The Morgan fingerprint density at radius 3 is 2.21 bits per heavy atom. The highest BCUT2D eigenvalue weighted by Gasteiger charge is 2.70. The van der Waals surface area contributed by atoms with Crippen molar-refractivity contribution in [3.63, 3.8) is 0 Å². The molecular formula is C21H34N2O5. The Balaban J connectivity index is 1.80. The number of methoxy groups -OCH3 is 2. The minimum Gasteiger partial charge on any atom is -0.467 e. The summed E-state index contributed by atoms with van der Waals surface area (Å²) in [4.78, 5) is 40.4. The Labute approximate surface area is 167 Å². The maximum absolute atomic E-state index is 13.5. The maximum atomic E-state index is 13.5. The minimum atomic E-state index is -0.732. The molecule has 0 aromatic heterocycles. The molecule has 0 aromatic rings. The third kappa shape index (κ3) is 3.53. The van der Waals surface area contributed by atoms with E-state index in [2.05, 4.69) is 19.2 Å². The number of nitrogens with one attached hydrogen (secondary N) is 1. The molecule has 2 saturated carbocycles. The van der Waals surface area contributed by atoms with Crippen molar-refractivity contribution in [3.05, 3.63) is 0 Å². The fourth-order valence-corrected chi connectivity index (χ4v) is 4.85. The summed E-state index contributed by atoms with van der Waals surface area (Å²) in [6.07, 6.45) is 1.41. The third-order valence-electron chi connectivity index (χ3n) is 6.90. The highest BCUT2D eigenvalue weighted by atomic mass is 16.5. The van der Waals surface area contributed by atoms with Crippen molar-refractivity contribution in [2.24, 2.45) is 28.6 Å². The molecule has 5 atom stereocenters. The topological polar surface area (TPSA) is 84.9 Å². The summed E-state index contributed by atoms with van der Waals surface area (Å²) in [5, 5.41) is 2.93. The molecule has 2 aliphatic carbocycles. The molecule has 0 radical (unpaired) electrons. The summed E-state index contributed by atoms with van der Waals surface area (Å²) in [5.74, 6) is -0.224. The quantitative estimate of drug-likeness (QED) is 0.692. The van der Waals surface area contributed by atoms with Crippen LogP contribution >= 0.6 is 0 Å². The second kappa shape index (κ2) is 7.01. The highest BCUT2D eigenvalue weighted by Crippen LogP contribution is 2.65. The first-order valence-electron chi connectivity index (χ1n) is 10.2. The summed E-state index contributed by atoms with van der Waals surface area (Å²) in [6.45, 7) is 10.5. The molecule has 7 nitrogen and oxygen atoms in total. The summed E-state index contributed by atoms with van der Waals surface area (Å²) < 4.78 is 10.4. The van der Waals surface area contributed by atoms with Crippen LogP contribution in [-0.2, 0) is 23.9 Å². The zero-order chi connectivity index (χ0) is 21.0. The number of piperidine rings is 1. The first kappa shape index (κ1) is 21.1. The van der Waals surface area contributed by atoms with Crippen LogP contribution in [0, 0.1) is 28.6 Å². The van der Waals surface area contributed by atoms with Crippen LogP contribution in [0.5, 0.6) is 0 Å². The number of carbonyl (C=O) groups excluding carboxylic acids is 3. The number of esters is 1. The van der Waals surface area contributed by atoms with Crippen LogP contribution in [0.2, 0.25) is 0 Å². The van der Waals surface area contributed by atoms with Gasteiger partial charge < -0.3 is 19.7 Å². The van der Waals surface area contributed by atoms with Gasteiger partial charge in [-0.25, -0.2) is 4.79 Å². The van der Waals surface area contributed by atoms with Crippen LogP contribution in [0.1, 0.15) is 47.5 Å². The highest BCUT2D eigenvalue weighted by molar-refractivity contribution is 5.93. The average molecular weight is 395 g/mol. The van der Waals surface area contributed by atoms with Gasteiger partial charge in [0.1, 0.15) is 18.2 Å². The second-order valence-corrected chi connectivity index (χ2v) is 10.2. The Hall–Kier alpha value is -1.63. The van der Waals surface area contributed by atoms with Crippen LogP contribution in [0.3, 0.4) is 0 Å². The second-order valence-electron chi connectivity index (χ2n) is 10.2. The number of nitrogens with zero attached hydrogens (tertiary/aromatic N) is 1. The maximum Gasteiger partial charge on any atom is 0.328 e. The van der Waals surface area contributed by atoms with Gasteiger partial charge in [0.05, 0.1) is 7.11 Å². The molecule has 3 fully saturated rings. The lowest BCUT2D eigenvalue weighted by Gasteiger charge is -2.37. The average Bonchev–Trinajstić information content (AvgIpc) is 3.46. The number of likely N-dealkylation sites (tertiary alicyclic amines) is 1. The SMILES string of the molecule is COC(=O)[C@@H]1[C@H]2[C@H](CN1C(=O)[C@@H](NC(=O)[C@@H](OC)C1CC1)C(C)(C)C)C2(C)C. The lowest BCUT2D eigenvalue weighted by Crippen LogP contribution is -2.59. The number of ether oxygens (including phenoxy) is 2. The van der Waals surface area contributed by atoms with E-state index in [1.165, 1.54) is 14.2 Å². The number of fused-ring (bicyclic) bond motifs is 1. The summed E-state index contributed by atoms with van der Waals surface area (Å²) in [7, 11) is 2.88. The molecule has 0 spiro atoms. The first-order chi connectivity index (χ1) is 12.9. The lowest BCUT2D eigenvalue weighted by atomic mass is 9.85. The summed E-state index contributed by atoms with van der Waals surface area (Å²) >= 11 is 0. The molecule has 2 amide bonds. The van der Waals surface area contributed by atoms with Crippen molar-refractivity contribution in [1.82, 2.24) is 10.2 Å². The predicted molar refractivity (Wildman–Crippen MR) is 103 cm³/mol. The smallest absolute Gasteiger partial charge is 0.328 e. The molecule has 1 saturated heterocycles. The van der Waals surface area contributed by atoms with Crippen LogP contribution in [0.4, 0.5) is 0 Å². The Kier molecular flexibility index (Phi) is 5.28. The number of carbonyl (C=O) groups is 3. The van der Waals surface area contributed by atoms with Crippen molar-refractivity contribution < 1.29 is 23.9 Å². The molecule has 3 aliphatic rings. The van der Waals surface area contributed by atoms with Gasteiger partial charge in [-0.2, -0.15) is 0 Å². The molecule has 1 N–H and O–H groups in total. The van der Waals surface area contributed by atoms with Crippen molar-refractivity contribution in [2.45, 2.75) is 65.6 Å². The zero-order valence-corrected chi connectivity index (χ0v) is 18.1. The van der Waals surface area contributed by atoms with Crippen LogP contribution in [0.25, 0.3) is 0 Å². The first-order valence-corrected chi connectivity index (χ1v) is 10.2. The van der Waals surface area contributed by atoms with E-state index in [0.29, 0.717) is 6.54 Å². The Bertz CT molecular complexity index is 664. The van der Waals surface area contributed by atoms with Crippen molar-refractivity contribution in [2.75, 3.05) is 20.8 Å². The third-order valence-corrected chi connectivity index (χ3v) is 6.90. The van der Waals surface area contributed by atoms with Crippen molar-refractivity contribution in [3.8, 4) is 0 Å². The monoisotopic (exact) mass is 394 g/mol. The molecule has 3 rings (SSSR count). The van der Waals surface area contributed by atoms with Gasteiger partial charge in [-0.1, -0.05) is 34.6 Å². The van der Waals surface area contributed by atoms with Gasteiger partial charge in [-0.05, 0) is 35.5 Å². The standard InChI is InChI=1S/C21H34N2O5/c1-20(2,3)16(22-17(24)15(27-6)11-8-9-11)18(25)23-10-12-13(21(12,4)5)14(23)19(26)28-7/h11-16H,8-10H2,1-7H3,(H,22,24)/t12-,13+,14-,15-,16+/m0/s1. The molecule has 0 unspecified atom stereocenters. The molecular weight excluding hydrogens is 360 g/mol. The molecule has 0 aromatic carbocycles. The lowest BCUT2D eigenvalue weighted by molar-refractivity contribution is -0.155. The van der Waals surface area contributed by atoms with E-state index in [-0.39, 0.29) is 41.0 Å². The van der Waals surface area contributed by atoms with E-state index >= 15 is 0 Å². The van der Waals surface area contributed by atoms with Crippen LogP contribution < -0.4 is 5.32 Å². The van der Waals surface area contributed by atoms with Crippen LogP contribution in [-0.4, -0.2) is 61.6 Å². The van der Waals surface area contributed by atoms with Gasteiger partial charge in [-0.3, -0.25) is 9.59 Å². The van der Waals surface area contributed by atoms with E-state index in [1.807, 2.05) is 20.8 Å². The van der Waals surface area contributed by atoms with E-state index < -0.39 is 23.6 Å². The number of rotatable bonds is 6. The van der Waals surface area contributed by atoms with Gasteiger partial charge >= 0.3 is 5.97 Å². The predicted octanol–water partition coefficient (Wildman–Crippen LogP) is 1.60. The van der Waals surface area contributed by atoms with E-state index in [9.17, 15) is 14.4 Å². The zero-order valence-electron chi connectivity index (χ0n) is 18.1. The summed E-state index contributed by atoms with van der Waals surface area (Å²) in [5.41, 5.74) is -0.471. The number of hydrogen-bond acceptors (Lipinski definition) is 5. The molecule has 7 heteroatoms. The minimum absolute atomic E-state index is 0.0310. The van der Waals surface area contributed by atoms with Crippen molar-refractivity contribution in [1.29, 1.82) is 0 Å². The Morgan fingerprint density at radius 2 is 1.75 bits per heavy atom. The van der Waals surface area contributed by atoms with Gasteiger partial charge in [0.2, 0.25) is 11.8 Å². The summed E-state index contributed by atoms with van der Waals surface area (Å²) in [6, 6.07) is -1.31.